The van der Waals surface area contributed by atoms with E-state index >= 15 is 0 Å². The Morgan fingerprint density at radius 1 is 1.36 bits per heavy atom. The zero-order valence-electron chi connectivity index (χ0n) is 6.13. The monoisotopic (exact) mass is 169 g/mol. The molecule has 0 aromatic heterocycles. The molecule has 1 radical (unpaired) electrons. The second-order valence-electron chi connectivity index (χ2n) is 2.36. The fourth-order valence-corrected chi connectivity index (χ4v) is 0.978. The van der Waals surface area contributed by atoms with E-state index in [9.17, 15) is 5.11 Å². The third-order valence-electron chi connectivity index (χ3n) is 1.53. The van der Waals surface area contributed by atoms with Crippen molar-refractivity contribution in [3.05, 3.63) is 41.8 Å². The van der Waals surface area contributed by atoms with Crippen LogP contribution in [0.3, 0.4) is 0 Å². The van der Waals surface area contributed by atoms with Crippen molar-refractivity contribution < 1.29 is 5.11 Å². The molecule has 2 heteroatoms. The van der Waals surface area contributed by atoms with Crippen LogP contribution in [0.15, 0.2) is 24.3 Å². The van der Waals surface area contributed by atoms with Crippen LogP contribution in [0, 0.1) is 6.92 Å². The van der Waals surface area contributed by atoms with Crippen LogP contribution in [0.1, 0.15) is 18.1 Å². The van der Waals surface area contributed by atoms with E-state index < -0.39 is 6.10 Å². The minimum absolute atomic E-state index is 0.465. The van der Waals surface area contributed by atoms with Gasteiger partial charge in [-0.3, -0.25) is 0 Å². The van der Waals surface area contributed by atoms with E-state index in [4.69, 9.17) is 11.6 Å². The molecule has 1 atom stereocenters. The summed E-state index contributed by atoms with van der Waals surface area (Å²) in [5, 5.41) is 10.00. The maximum absolute atomic E-state index is 9.31. The summed E-state index contributed by atoms with van der Waals surface area (Å²) in [6.45, 7) is 3.60. The smallest absolute Gasteiger partial charge is 0.0790 e. The van der Waals surface area contributed by atoms with Crippen molar-refractivity contribution in [2.45, 2.75) is 12.5 Å². The lowest BCUT2D eigenvalue weighted by Crippen LogP contribution is -1.93. The Hall–Kier alpha value is -0.530. The standard InChI is InChI=1S/C9H10ClO/c1-2-9(11)7-3-5-8(10)6-4-7/h3-6,9,11H,1-2H2. The number of halogens is 1. The zero-order valence-corrected chi connectivity index (χ0v) is 6.88. The fraction of sp³-hybridized carbons (Fsp3) is 0.222. The molecule has 0 heterocycles. The van der Waals surface area contributed by atoms with E-state index in [1.807, 2.05) is 0 Å². The molecule has 0 saturated heterocycles. The third kappa shape index (κ3) is 2.21. The molecular formula is C9H10ClO. The Labute approximate surface area is 71.6 Å². The van der Waals surface area contributed by atoms with Crippen LogP contribution in [0.2, 0.25) is 5.02 Å². The van der Waals surface area contributed by atoms with E-state index in [-0.39, 0.29) is 0 Å². The van der Waals surface area contributed by atoms with Gasteiger partial charge in [0.2, 0.25) is 0 Å². The number of aliphatic hydroxyl groups excluding tert-OH is 1. The van der Waals surface area contributed by atoms with Gasteiger partial charge in [-0.1, -0.05) is 30.7 Å². The van der Waals surface area contributed by atoms with E-state index in [1.54, 1.807) is 24.3 Å². The minimum atomic E-state index is -0.465. The van der Waals surface area contributed by atoms with Gasteiger partial charge in [0.15, 0.2) is 0 Å². The summed E-state index contributed by atoms with van der Waals surface area (Å²) in [6.07, 6.45) is 0.0222. The molecule has 11 heavy (non-hydrogen) atoms. The molecule has 59 valence electrons. The second-order valence-corrected chi connectivity index (χ2v) is 2.79. The Bertz CT molecular complexity index is 218. The third-order valence-corrected chi connectivity index (χ3v) is 1.78. The highest BCUT2D eigenvalue weighted by atomic mass is 35.5. The average molecular weight is 170 g/mol. The highest BCUT2D eigenvalue weighted by Gasteiger charge is 2.02. The number of hydrogen-bond donors (Lipinski definition) is 1. The molecule has 1 aromatic carbocycles. The van der Waals surface area contributed by atoms with Gasteiger partial charge in [0, 0.05) is 5.02 Å². The normalized spacial score (nSPS) is 13.0. The zero-order chi connectivity index (χ0) is 8.27. The number of aliphatic hydroxyl groups is 1. The first kappa shape index (κ1) is 8.57. The lowest BCUT2D eigenvalue weighted by Gasteiger charge is -2.06. The Morgan fingerprint density at radius 2 is 1.91 bits per heavy atom. The van der Waals surface area contributed by atoms with E-state index in [0.717, 1.165) is 5.56 Å². The molecule has 1 aromatic rings. The summed E-state index contributed by atoms with van der Waals surface area (Å²) < 4.78 is 0. The van der Waals surface area contributed by atoms with Crippen molar-refractivity contribution >= 4 is 11.6 Å². The van der Waals surface area contributed by atoms with Gasteiger partial charge in [-0.15, -0.1) is 0 Å². The lowest BCUT2D eigenvalue weighted by atomic mass is 10.1. The molecule has 1 nitrogen and oxygen atoms in total. The Morgan fingerprint density at radius 3 is 2.36 bits per heavy atom. The molecule has 1 unspecified atom stereocenters. The van der Waals surface area contributed by atoms with Gasteiger partial charge >= 0.3 is 0 Å². The molecule has 0 bridgehead atoms. The molecule has 0 saturated carbocycles. The molecule has 0 spiro atoms. The largest absolute Gasteiger partial charge is 0.388 e. The predicted octanol–water partition coefficient (Wildman–Crippen LogP) is 2.60. The van der Waals surface area contributed by atoms with Crippen LogP contribution >= 0.6 is 11.6 Å². The predicted molar refractivity (Wildman–Crippen MR) is 46.4 cm³/mol. The molecule has 1 rings (SSSR count). The van der Waals surface area contributed by atoms with Crippen LogP contribution in [0.5, 0.6) is 0 Å². The van der Waals surface area contributed by atoms with E-state index in [2.05, 4.69) is 6.92 Å². The van der Waals surface area contributed by atoms with Crippen molar-refractivity contribution in [3.63, 3.8) is 0 Å². The summed E-state index contributed by atoms with van der Waals surface area (Å²) in [5.41, 5.74) is 0.865. The van der Waals surface area contributed by atoms with E-state index in [1.165, 1.54) is 0 Å². The van der Waals surface area contributed by atoms with Crippen molar-refractivity contribution in [3.8, 4) is 0 Å². The van der Waals surface area contributed by atoms with Gasteiger partial charge in [0.25, 0.3) is 0 Å². The number of benzene rings is 1. The summed E-state index contributed by atoms with van der Waals surface area (Å²) in [4.78, 5) is 0. The van der Waals surface area contributed by atoms with Gasteiger partial charge in [0.05, 0.1) is 6.10 Å². The van der Waals surface area contributed by atoms with Gasteiger partial charge in [-0.2, -0.15) is 0 Å². The van der Waals surface area contributed by atoms with Gasteiger partial charge in [0.1, 0.15) is 0 Å². The first-order valence-corrected chi connectivity index (χ1v) is 3.84. The highest BCUT2D eigenvalue weighted by molar-refractivity contribution is 6.30. The number of hydrogen-bond acceptors (Lipinski definition) is 1. The maximum Gasteiger partial charge on any atom is 0.0790 e. The molecule has 0 fully saturated rings. The van der Waals surface area contributed by atoms with Gasteiger partial charge in [-0.25, -0.2) is 0 Å². The Balaban J connectivity index is 2.81. The second kappa shape index (κ2) is 3.74. The van der Waals surface area contributed by atoms with Crippen molar-refractivity contribution in [1.82, 2.24) is 0 Å². The van der Waals surface area contributed by atoms with Crippen LogP contribution in [0.25, 0.3) is 0 Å². The maximum atomic E-state index is 9.31. The molecule has 0 aliphatic carbocycles. The lowest BCUT2D eigenvalue weighted by molar-refractivity contribution is 0.181. The van der Waals surface area contributed by atoms with Crippen molar-refractivity contribution in [2.24, 2.45) is 0 Å². The molecule has 0 aliphatic heterocycles. The quantitative estimate of drug-likeness (QED) is 0.722. The average Bonchev–Trinajstić information content (AvgIpc) is 2.05. The van der Waals surface area contributed by atoms with Crippen LogP contribution < -0.4 is 0 Å². The summed E-state index contributed by atoms with van der Waals surface area (Å²) in [6, 6.07) is 7.13. The molecule has 0 aliphatic rings. The SMILES string of the molecule is [CH2]CC(O)c1ccc(Cl)cc1. The molecule has 1 N–H and O–H groups in total. The summed E-state index contributed by atoms with van der Waals surface area (Å²) in [7, 11) is 0. The van der Waals surface area contributed by atoms with Crippen molar-refractivity contribution in [1.29, 1.82) is 0 Å². The molecular weight excluding hydrogens is 160 g/mol. The van der Waals surface area contributed by atoms with E-state index in [0.29, 0.717) is 11.4 Å². The van der Waals surface area contributed by atoms with Gasteiger partial charge in [-0.05, 0) is 24.1 Å². The highest BCUT2D eigenvalue weighted by Crippen LogP contribution is 2.17. The summed E-state index contributed by atoms with van der Waals surface area (Å²) >= 11 is 5.66. The molecule has 0 amide bonds. The van der Waals surface area contributed by atoms with Gasteiger partial charge < -0.3 is 5.11 Å². The first-order chi connectivity index (χ1) is 5.24. The minimum Gasteiger partial charge on any atom is -0.388 e. The fourth-order valence-electron chi connectivity index (χ4n) is 0.852. The van der Waals surface area contributed by atoms with Crippen LogP contribution in [-0.2, 0) is 0 Å². The van der Waals surface area contributed by atoms with Crippen LogP contribution in [0.4, 0.5) is 0 Å². The topological polar surface area (TPSA) is 20.2 Å². The summed E-state index contributed by atoms with van der Waals surface area (Å²) in [5.74, 6) is 0. The number of rotatable bonds is 2. The first-order valence-electron chi connectivity index (χ1n) is 3.47. The van der Waals surface area contributed by atoms with Crippen LogP contribution in [-0.4, -0.2) is 5.11 Å². The van der Waals surface area contributed by atoms with Crippen molar-refractivity contribution in [2.75, 3.05) is 0 Å². The Kier molecular flexibility index (Phi) is 2.92.